The summed E-state index contributed by atoms with van der Waals surface area (Å²) in [7, 11) is -1.66. The van der Waals surface area contributed by atoms with Crippen LogP contribution in [0.3, 0.4) is 0 Å². The van der Waals surface area contributed by atoms with Crippen molar-refractivity contribution < 1.29 is 9.53 Å². The van der Waals surface area contributed by atoms with E-state index in [1.165, 1.54) is 0 Å². The molecular formula is C15H32O2Si. The molecule has 0 radical (unpaired) electrons. The van der Waals surface area contributed by atoms with Gasteiger partial charge in [-0.05, 0) is 41.8 Å². The summed E-state index contributed by atoms with van der Waals surface area (Å²) in [4.78, 5) is 0. The summed E-state index contributed by atoms with van der Waals surface area (Å²) in [6.45, 7) is 14.9. The van der Waals surface area contributed by atoms with Gasteiger partial charge in [0, 0.05) is 6.61 Å². The fourth-order valence-electron chi connectivity index (χ4n) is 3.84. The van der Waals surface area contributed by atoms with Crippen molar-refractivity contribution in [3.63, 3.8) is 0 Å². The molecule has 18 heavy (non-hydrogen) atoms. The maximum Gasteiger partial charge on any atom is 0.200 e. The molecule has 1 saturated carbocycles. The Hall–Kier alpha value is 0.137. The van der Waals surface area contributed by atoms with Crippen LogP contribution in [0.15, 0.2) is 0 Å². The molecule has 0 aromatic rings. The molecule has 0 aromatic heterocycles. The van der Waals surface area contributed by atoms with E-state index in [1.807, 2.05) is 0 Å². The standard InChI is InChI=1S/C15H32O2Si/c1-11(2)18(12(3)4,13(5)6)17-8-7-14-9-15(16)10-14/h11-16H,7-10H2,1-6H3/t14-,15+. The number of aliphatic hydroxyl groups is 1. The van der Waals surface area contributed by atoms with Crippen LogP contribution in [0.25, 0.3) is 0 Å². The van der Waals surface area contributed by atoms with E-state index < -0.39 is 8.32 Å². The molecular weight excluding hydrogens is 240 g/mol. The molecule has 1 N–H and O–H groups in total. The van der Waals surface area contributed by atoms with Gasteiger partial charge in [0.1, 0.15) is 0 Å². The summed E-state index contributed by atoms with van der Waals surface area (Å²) in [5.41, 5.74) is 2.01. The van der Waals surface area contributed by atoms with E-state index in [4.69, 9.17) is 4.43 Å². The minimum absolute atomic E-state index is 0.0303. The lowest BCUT2D eigenvalue weighted by molar-refractivity contribution is 0.0320. The molecule has 0 bridgehead atoms. The lowest BCUT2D eigenvalue weighted by Gasteiger charge is -2.43. The lowest BCUT2D eigenvalue weighted by Crippen LogP contribution is -2.48. The van der Waals surface area contributed by atoms with Crippen LogP contribution in [-0.2, 0) is 4.43 Å². The molecule has 0 aromatic carbocycles. The molecule has 0 amide bonds. The van der Waals surface area contributed by atoms with Gasteiger partial charge in [0.25, 0.3) is 0 Å². The van der Waals surface area contributed by atoms with Crippen molar-refractivity contribution >= 4 is 8.32 Å². The summed E-state index contributed by atoms with van der Waals surface area (Å²) in [6.07, 6.45) is 3.08. The monoisotopic (exact) mass is 272 g/mol. The highest BCUT2D eigenvalue weighted by molar-refractivity contribution is 6.77. The average molecular weight is 273 g/mol. The zero-order chi connectivity index (χ0) is 13.9. The van der Waals surface area contributed by atoms with Crippen LogP contribution in [0, 0.1) is 5.92 Å². The summed E-state index contributed by atoms with van der Waals surface area (Å²) in [5.74, 6) is 0.707. The van der Waals surface area contributed by atoms with E-state index >= 15 is 0 Å². The third-order valence-electron chi connectivity index (χ3n) is 4.80. The minimum Gasteiger partial charge on any atom is -0.416 e. The van der Waals surface area contributed by atoms with Gasteiger partial charge in [-0.2, -0.15) is 0 Å². The van der Waals surface area contributed by atoms with E-state index in [0.29, 0.717) is 22.5 Å². The Labute approximate surface area is 114 Å². The summed E-state index contributed by atoms with van der Waals surface area (Å²) < 4.78 is 6.51. The Morgan fingerprint density at radius 1 is 1.00 bits per heavy atom. The Bertz CT molecular complexity index is 223. The highest BCUT2D eigenvalue weighted by Gasteiger charge is 2.45. The lowest BCUT2D eigenvalue weighted by atomic mass is 9.80. The van der Waals surface area contributed by atoms with Crippen LogP contribution in [0.1, 0.15) is 60.8 Å². The van der Waals surface area contributed by atoms with Crippen molar-refractivity contribution in [3.8, 4) is 0 Å². The first kappa shape index (κ1) is 16.2. The second-order valence-corrected chi connectivity index (χ2v) is 12.4. The van der Waals surface area contributed by atoms with Gasteiger partial charge in [-0.3, -0.25) is 0 Å². The Kier molecular flexibility index (Phi) is 5.88. The molecule has 2 nitrogen and oxygen atoms in total. The highest BCUT2D eigenvalue weighted by Crippen LogP contribution is 2.42. The maximum absolute atomic E-state index is 9.31. The van der Waals surface area contributed by atoms with E-state index in [-0.39, 0.29) is 6.10 Å². The molecule has 0 saturated heterocycles. The predicted molar refractivity (Wildman–Crippen MR) is 80.3 cm³/mol. The van der Waals surface area contributed by atoms with Crippen molar-refractivity contribution in [3.05, 3.63) is 0 Å². The summed E-state index contributed by atoms with van der Waals surface area (Å²) in [6, 6.07) is 0. The number of hydrogen-bond acceptors (Lipinski definition) is 2. The molecule has 1 fully saturated rings. The van der Waals surface area contributed by atoms with Crippen molar-refractivity contribution in [1.82, 2.24) is 0 Å². The van der Waals surface area contributed by atoms with E-state index in [2.05, 4.69) is 41.5 Å². The predicted octanol–water partition coefficient (Wildman–Crippen LogP) is 4.34. The molecule has 0 atom stereocenters. The van der Waals surface area contributed by atoms with Gasteiger partial charge in [-0.1, -0.05) is 41.5 Å². The van der Waals surface area contributed by atoms with Crippen molar-refractivity contribution in [1.29, 1.82) is 0 Å². The Balaban J connectivity index is 2.50. The minimum atomic E-state index is -1.66. The molecule has 0 heterocycles. The fourth-order valence-corrected chi connectivity index (χ4v) is 9.31. The molecule has 0 aliphatic heterocycles. The largest absolute Gasteiger partial charge is 0.416 e. The van der Waals surface area contributed by atoms with Crippen molar-refractivity contribution in [2.45, 2.75) is 83.5 Å². The normalized spacial score (nSPS) is 25.0. The molecule has 1 aliphatic rings. The van der Waals surface area contributed by atoms with Crippen LogP contribution in [0.2, 0.25) is 16.6 Å². The highest BCUT2D eigenvalue weighted by atomic mass is 28.4. The second kappa shape index (κ2) is 6.53. The molecule has 1 aliphatic carbocycles. The third kappa shape index (κ3) is 3.37. The van der Waals surface area contributed by atoms with E-state index in [1.54, 1.807) is 0 Å². The summed E-state index contributed by atoms with van der Waals surface area (Å²) >= 11 is 0. The maximum atomic E-state index is 9.31. The van der Waals surface area contributed by atoms with Gasteiger partial charge in [-0.25, -0.2) is 0 Å². The van der Waals surface area contributed by atoms with E-state index in [9.17, 15) is 5.11 Å². The zero-order valence-electron chi connectivity index (χ0n) is 13.1. The molecule has 1 rings (SSSR count). The average Bonchev–Trinajstić information content (AvgIpc) is 2.19. The number of rotatable bonds is 7. The first-order valence-electron chi connectivity index (χ1n) is 7.62. The van der Waals surface area contributed by atoms with Crippen LogP contribution in [-0.4, -0.2) is 26.1 Å². The van der Waals surface area contributed by atoms with Gasteiger partial charge >= 0.3 is 0 Å². The van der Waals surface area contributed by atoms with Gasteiger partial charge in [-0.15, -0.1) is 0 Å². The molecule has 0 unspecified atom stereocenters. The first-order chi connectivity index (χ1) is 8.30. The zero-order valence-corrected chi connectivity index (χ0v) is 14.1. The van der Waals surface area contributed by atoms with Gasteiger partial charge in [0.15, 0.2) is 8.32 Å². The third-order valence-corrected chi connectivity index (χ3v) is 10.9. The molecule has 108 valence electrons. The Morgan fingerprint density at radius 2 is 1.44 bits per heavy atom. The SMILES string of the molecule is CC(C)[Si](OCC[C@H]1C[C@@H](O)C1)(C(C)C)C(C)C. The number of hydrogen-bond donors (Lipinski definition) is 1. The van der Waals surface area contributed by atoms with Gasteiger partial charge < -0.3 is 9.53 Å². The van der Waals surface area contributed by atoms with Crippen LogP contribution >= 0.6 is 0 Å². The first-order valence-corrected chi connectivity index (χ1v) is 9.76. The quantitative estimate of drug-likeness (QED) is 0.699. The van der Waals surface area contributed by atoms with Crippen LogP contribution in [0.5, 0.6) is 0 Å². The smallest absolute Gasteiger partial charge is 0.200 e. The van der Waals surface area contributed by atoms with Gasteiger partial charge in [0.2, 0.25) is 0 Å². The molecule has 3 heteroatoms. The molecule has 0 spiro atoms. The van der Waals surface area contributed by atoms with Crippen LogP contribution in [0.4, 0.5) is 0 Å². The number of aliphatic hydroxyl groups excluding tert-OH is 1. The topological polar surface area (TPSA) is 29.5 Å². The van der Waals surface area contributed by atoms with E-state index in [0.717, 1.165) is 25.9 Å². The summed E-state index contributed by atoms with van der Waals surface area (Å²) in [5, 5.41) is 9.31. The van der Waals surface area contributed by atoms with Crippen molar-refractivity contribution in [2.24, 2.45) is 5.92 Å². The van der Waals surface area contributed by atoms with Gasteiger partial charge in [0.05, 0.1) is 6.10 Å². The Morgan fingerprint density at radius 3 is 1.78 bits per heavy atom. The second-order valence-electron chi connectivity index (χ2n) is 6.95. The fraction of sp³-hybridized carbons (Fsp3) is 1.00. The van der Waals surface area contributed by atoms with Crippen molar-refractivity contribution in [2.75, 3.05) is 6.61 Å². The van der Waals surface area contributed by atoms with Crippen LogP contribution < -0.4 is 0 Å².